The molecule has 1 aliphatic heterocycles. The Morgan fingerprint density at radius 1 is 1.11 bits per heavy atom. The number of hydrogen-bond acceptors (Lipinski definition) is 5. The van der Waals surface area contributed by atoms with Gasteiger partial charge in [-0.3, -0.25) is 14.6 Å². The van der Waals surface area contributed by atoms with Gasteiger partial charge >= 0.3 is 0 Å². The highest BCUT2D eigenvalue weighted by Crippen LogP contribution is 2.55. The first kappa shape index (κ1) is 17.7. The molecule has 5 aliphatic rings. The number of aromatic nitrogens is 1. The van der Waals surface area contributed by atoms with Crippen molar-refractivity contribution in [3.05, 3.63) is 17.5 Å². The number of amides is 1. The molecule has 27 heavy (non-hydrogen) atoms. The molecule has 1 aromatic rings. The maximum absolute atomic E-state index is 12.8. The quantitative estimate of drug-likeness (QED) is 0.858. The topological polar surface area (TPSA) is 61.6 Å². The van der Waals surface area contributed by atoms with E-state index in [-0.39, 0.29) is 11.4 Å². The molecule has 2 heterocycles. The van der Waals surface area contributed by atoms with Crippen LogP contribution in [-0.2, 0) is 11.3 Å². The molecular weight excluding hydrogens is 340 g/mol. The summed E-state index contributed by atoms with van der Waals surface area (Å²) >= 11 is 0. The van der Waals surface area contributed by atoms with Crippen LogP contribution in [0.5, 0.6) is 0 Å². The van der Waals surface area contributed by atoms with Crippen LogP contribution in [0.2, 0.25) is 0 Å². The molecule has 5 fully saturated rings. The number of nitrogens with one attached hydrogen (secondary N) is 1. The lowest BCUT2D eigenvalue weighted by molar-refractivity contribution is -0.128. The number of hydrogen-bond donors (Lipinski definition) is 1. The highest BCUT2D eigenvalue weighted by atomic mass is 16.5. The Kier molecular flexibility index (Phi) is 4.51. The lowest BCUT2D eigenvalue weighted by atomic mass is 9.53. The van der Waals surface area contributed by atoms with Gasteiger partial charge in [-0.15, -0.1) is 0 Å². The van der Waals surface area contributed by atoms with Gasteiger partial charge in [-0.25, -0.2) is 0 Å². The number of carbonyl (C=O) groups is 1. The molecule has 1 saturated heterocycles. The molecule has 0 unspecified atom stereocenters. The van der Waals surface area contributed by atoms with Crippen molar-refractivity contribution >= 4 is 5.91 Å². The number of carbonyl (C=O) groups excluding carboxylic acids is 1. The predicted molar refractivity (Wildman–Crippen MR) is 102 cm³/mol. The van der Waals surface area contributed by atoms with Gasteiger partial charge in [0.1, 0.15) is 5.76 Å². The van der Waals surface area contributed by atoms with Crippen molar-refractivity contribution in [1.82, 2.24) is 20.3 Å². The molecular formula is C21H32N4O2. The molecule has 0 radical (unpaired) electrons. The van der Waals surface area contributed by atoms with E-state index in [4.69, 9.17) is 4.52 Å². The third kappa shape index (κ3) is 3.79. The van der Waals surface area contributed by atoms with Gasteiger partial charge in [0, 0.05) is 44.3 Å². The van der Waals surface area contributed by atoms with Gasteiger partial charge in [0.15, 0.2) is 0 Å². The van der Waals surface area contributed by atoms with Gasteiger partial charge in [0.2, 0.25) is 5.91 Å². The highest BCUT2D eigenvalue weighted by molar-refractivity contribution is 5.79. The van der Waals surface area contributed by atoms with Crippen molar-refractivity contribution in [1.29, 1.82) is 0 Å². The van der Waals surface area contributed by atoms with Gasteiger partial charge in [0.05, 0.1) is 12.2 Å². The summed E-state index contributed by atoms with van der Waals surface area (Å²) in [4.78, 5) is 17.5. The Morgan fingerprint density at radius 3 is 2.26 bits per heavy atom. The number of aryl methyl sites for hydroxylation is 1. The lowest BCUT2D eigenvalue weighted by Gasteiger charge is -2.57. The van der Waals surface area contributed by atoms with Gasteiger partial charge in [-0.2, -0.15) is 0 Å². The summed E-state index contributed by atoms with van der Waals surface area (Å²) in [5.74, 6) is 3.74. The smallest absolute Gasteiger partial charge is 0.234 e. The molecule has 4 aliphatic carbocycles. The zero-order valence-corrected chi connectivity index (χ0v) is 16.5. The van der Waals surface area contributed by atoms with Crippen LogP contribution < -0.4 is 5.32 Å². The largest absolute Gasteiger partial charge is 0.361 e. The molecule has 6 heteroatoms. The highest BCUT2D eigenvalue weighted by Gasteiger charge is 2.51. The third-order valence-corrected chi connectivity index (χ3v) is 7.34. The minimum atomic E-state index is 0.137. The first-order valence-corrected chi connectivity index (χ1v) is 10.7. The second kappa shape index (κ2) is 6.89. The van der Waals surface area contributed by atoms with E-state index in [0.717, 1.165) is 61.9 Å². The number of nitrogens with zero attached hydrogens (tertiary/aromatic N) is 3. The molecule has 1 aromatic heterocycles. The van der Waals surface area contributed by atoms with Gasteiger partial charge in [0.25, 0.3) is 0 Å². The average molecular weight is 373 g/mol. The lowest BCUT2D eigenvalue weighted by Crippen LogP contribution is -2.61. The van der Waals surface area contributed by atoms with E-state index in [0.29, 0.717) is 6.54 Å². The first-order valence-electron chi connectivity index (χ1n) is 10.7. The van der Waals surface area contributed by atoms with E-state index >= 15 is 0 Å². The maximum atomic E-state index is 12.8. The van der Waals surface area contributed by atoms with E-state index in [1.807, 2.05) is 13.0 Å². The summed E-state index contributed by atoms with van der Waals surface area (Å²) in [5.41, 5.74) is 1.14. The van der Waals surface area contributed by atoms with E-state index in [2.05, 4.69) is 20.3 Å². The Hall–Kier alpha value is -1.40. The molecule has 1 N–H and O–H groups in total. The second-order valence-electron chi connectivity index (χ2n) is 9.73. The molecule has 148 valence electrons. The summed E-state index contributed by atoms with van der Waals surface area (Å²) in [6, 6.07) is 2.01. The van der Waals surface area contributed by atoms with Crippen LogP contribution in [0.1, 0.15) is 50.0 Å². The van der Waals surface area contributed by atoms with Crippen molar-refractivity contribution in [2.24, 2.45) is 17.8 Å². The second-order valence-corrected chi connectivity index (χ2v) is 9.73. The van der Waals surface area contributed by atoms with Gasteiger partial charge < -0.3 is 9.84 Å². The normalized spacial score (nSPS) is 36.3. The number of rotatable bonds is 5. The van der Waals surface area contributed by atoms with Crippen LogP contribution in [0.15, 0.2) is 10.6 Å². The fourth-order valence-corrected chi connectivity index (χ4v) is 6.63. The van der Waals surface area contributed by atoms with Crippen LogP contribution in [0.25, 0.3) is 0 Å². The minimum absolute atomic E-state index is 0.137. The first-order chi connectivity index (χ1) is 13.1. The average Bonchev–Trinajstić information content (AvgIpc) is 3.00. The van der Waals surface area contributed by atoms with Crippen LogP contribution in [0.3, 0.4) is 0 Å². The molecule has 0 atom stereocenters. The SMILES string of the molecule is Cc1cc(CN2CCN(CC(=O)NC34CC5CC(CC(C5)C3)C4)CC2)no1. The Morgan fingerprint density at radius 2 is 1.70 bits per heavy atom. The molecule has 4 saturated carbocycles. The summed E-state index contributed by atoms with van der Waals surface area (Å²) in [6.07, 6.45) is 7.95. The van der Waals surface area contributed by atoms with E-state index in [1.165, 1.54) is 38.5 Å². The van der Waals surface area contributed by atoms with Crippen LogP contribution in [0.4, 0.5) is 0 Å². The molecule has 6 rings (SSSR count). The molecule has 4 bridgehead atoms. The van der Waals surface area contributed by atoms with Crippen molar-refractivity contribution < 1.29 is 9.32 Å². The molecule has 0 spiro atoms. The van der Waals surface area contributed by atoms with E-state index in [9.17, 15) is 4.79 Å². The van der Waals surface area contributed by atoms with E-state index < -0.39 is 0 Å². The number of piperazine rings is 1. The fraction of sp³-hybridized carbons (Fsp3) is 0.810. The van der Waals surface area contributed by atoms with E-state index in [1.54, 1.807) is 0 Å². The third-order valence-electron chi connectivity index (χ3n) is 7.34. The summed E-state index contributed by atoms with van der Waals surface area (Å²) < 4.78 is 5.15. The van der Waals surface area contributed by atoms with Crippen LogP contribution in [-0.4, -0.2) is 59.1 Å². The molecule has 1 amide bonds. The predicted octanol–water partition coefficient (Wildman–Crippen LogP) is 2.19. The zero-order valence-electron chi connectivity index (χ0n) is 16.5. The van der Waals surface area contributed by atoms with Crippen molar-refractivity contribution in [3.8, 4) is 0 Å². The van der Waals surface area contributed by atoms with Gasteiger partial charge in [-0.1, -0.05) is 5.16 Å². The van der Waals surface area contributed by atoms with Crippen molar-refractivity contribution in [3.63, 3.8) is 0 Å². The zero-order chi connectivity index (χ0) is 18.4. The molecule has 6 nitrogen and oxygen atoms in total. The molecule has 0 aromatic carbocycles. The van der Waals surface area contributed by atoms with Crippen molar-refractivity contribution in [2.75, 3.05) is 32.7 Å². The standard InChI is InChI=1S/C21H32N4O2/c1-15-6-19(23-27-15)13-24-2-4-25(5-3-24)14-20(26)22-21-10-16-7-17(11-21)9-18(8-16)12-21/h6,16-18H,2-5,7-14H2,1H3,(H,22,26). The maximum Gasteiger partial charge on any atom is 0.234 e. The Balaban J connectivity index is 1.10. The van der Waals surface area contributed by atoms with Crippen LogP contribution in [0, 0.1) is 24.7 Å². The summed E-state index contributed by atoms with van der Waals surface area (Å²) in [6.45, 7) is 7.18. The Bertz CT molecular complexity index is 657. The van der Waals surface area contributed by atoms with Crippen LogP contribution >= 0.6 is 0 Å². The monoisotopic (exact) mass is 372 g/mol. The summed E-state index contributed by atoms with van der Waals surface area (Å²) in [7, 11) is 0. The minimum Gasteiger partial charge on any atom is -0.361 e. The Labute approximate surface area is 161 Å². The fourth-order valence-electron chi connectivity index (χ4n) is 6.63. The summed E-state index contributed by atoms with van der Waals surface area (Å²) in [5, 5.41) is 7.60. The van der Waals surface area contributed by atoms with Gasteiger partial charge in [-0.05, 0) is 63.2 Å². The van der Waals surface area contributed by atoms with Crippen molar-refractivity contribution in [2.45, 2.75) is 57.5 Å².